The number of rotatable bonds is 3. The molecule has 1 heterocycles. The van der Waals surface area contributed by atoms with E-state index in [0.717, 1.165) is 38.2 Å². The Morgan fingerprint density at radius 2 is 2.31 bits per heavy atom. The fourth-order valence-corrected chi connectivity index (χ4v) is 2.83. The number of halogens is 1. The Balaban J connectivity index is 2.68. The highest BCUT2D eigenvalue weighted by atomic mass is 35.5. The summed E-state index contributed by atoms with van der Waals surface area (Å²) < 4.78 is 6.29. The molecular formula is C11H13ClN2OS. The van der Waals surface area contributed by atoms with Crippen LogP contribution in [-0.4, -0.2) is 18.6 Å². The zero-order chi connectivity index (χ0) is 11.7. The predicted octanol–water partition coefficient (Wildman–Crippen LogP) is 3.70. The van der Waals surface area contributed by atoms with Gasteiger partial charge in [0.05, 0.1) is 16.8 Å². The van der Waals surface area contributed by atoms with Crippen LogP contribution in [0.4, 0.5) is 5.13 Å². The molecule has 0 atom stereocenters. The molecule has 2 rings (SSSR count). The molecule has 0 bridgehead atoms. The molecule has 0 unspecified atom stereocenters. The van der Waals surface area contributed by atoms with E-state index in [1.807, 2.05) is 19.9 Å². The van der Waals surface area contributed by atoms with Crippen LogP contribution in [0.1, 0.15) is 12.5 Å². The zero-order valence-corrected chi connectivity index (χ0v) is 11.0. The molecule has 1 N–H and O–H groups in total. The molecule has 0 fully saturated rings. The molecule has 86 valence electrons. The molecule has 0 saturated carbocycles. The van der Waals surface area contributed by atoms with E-state index in [1.165, 1.54) is 0 Å². The third-order valence-corrected chi connectivity index (χ3v) is 3.93. The lowest BCUT2D eigenvalue weighted by Crippen LogP contribution is -1.94. The minimum atomic E-state index is 0.762. The van der Waals surface area contributed by atoms with Gasteiger partial charge in [-0.3, -0.25) is 0 Å². The Hall–Kier alpha value is -1.000. The highest BCUT2D eigenvalue weighted by Gasteiger charge is 2.14. The van der Waals surface area contributed by atoms with Gasteiger partial charge in [0, 0.05) is 6.54 Å². The zero-order valence-electron chi connectivity index (χ0n) is 9.43. The summed E-state index contributed by atoms with van der Waals surface area (Å²) in [5.41, 5.74) is 1.84. The van der Waals surface area contributed by atoms with Crippen molar-refractivity contribution in [3.05, 3.63) is 16.7 Å². The van der Waals surface area contributed by atoms with Gasteiger partial charge in [0.1, 0.15) is 11.3 Å². The van der Waals surface area contributed by atoms with E-state index >= 15 is 0 Å². The average molecular weight is 257 g/mol. The monoisotopic (exact) mass is 256 g/mol. The van der Waals surface area contributed by atoms with Crippen molar-refractivity contribution in [1.82, 2.24) is 4.98 Å². The molecule has 0 amide bonds. The Morgan fingerprint density at radius 1 is 1.56 bits per heavy atom. The minimum Gasteiger partial charge on any atom is -0.494 e. The van der Waals surface area contributed by atoms with Gasteiger partial charge < -0.3 is 10.1 Å². The molecule has 0 spiro atoms. The van der Waals surface area contributed by atoms with Crippen LogP contribution in [-0.2, 0) is 0 Å². The van der Waals surface area contributed by atoms with Crippen LogP contribution in [0.3, 0.4) is 0 Å². The van der Waals surface area contributed by atoms with Crippen LogP contribution in [0.5, 0.6) is 5.75 Å². The van der Waals surface area contributed by atoms with E-state index in [4.69, 9.17) is 16.3 Å². The molecule has 0 saturated heterocycles. The third-order valence-electron chi connectivity index (χ3n) is 2.30. The van der Waals surface area contributed by atoms with Crippen LogP contribution in [0.25, 0.3) is 10.2 Å². The van der Waals surface area contributed by atoms with E-state index in [1.54, 1.807) is 18.4 Å². The second kappa shape index (κ2) is 4.47. The number of nitrogens with zero attached hydrogens (tertiary/aromatic N) is 1. The fraction of sp³-hybridized carbons (Fsp3) is 0.364. The third kappa shape index (κ3) is 1.83. The number of nitrogens with one attached hydrogen (secondary N) is 1. The smallest absolute Gasteiger partial charge is 0.183 e. The molecule has 1 aromatic carbocycles. The van der Waals surface area contributed by atoms with Gasteiger partial charge >= 0.3 is 0 Å². The van der Waals surface area contributed by atoms with Crippen molar-refractivity contribution in [3.8, 4) is 5.75 Å². The second-order valence-electron chi connectivity index (χ2n) is 3.44. The first-order chi connectivity index (χ1) is 7.67. The average Bonchev–Trinajstić information content (AvgIpc) is 2.68. The van der Waals surface area contributed by atoms with Gasteiger partial charge in [0.25, 0.3) is 0 Å². The number of hydrogen-bond acceptors (Lipinski definition) is 4. The molecule has 2 aromatic rings. The number of ether oxygens (including phenoxy) is 1. The molecule has 1 aromatic heterocycles. The van der Waals surface area contributed by atoms with E-state index in [-0.39, 0.29) is 0 Å². The Bertz CT molecular complexity index is 524. The van der Waals surface area contributed by atoms with Crippen molar-refractivity contribution in [3.63, 3.8) is 0 Å². The summed E-state index contributed by atoms with van der Waals surface area (Å²) in [5.74, 6) is 0.775. The highest BCUT2D eigenvalue weighted by Crippen LogP contribution is 2.39. The molecular weight excluding hydrogens is 244 g/mol. The molecule has 16 heavy (non-hydrogen) atoms. The summed E-state index contributed by atoms with van der Waals surface area (Å²) >= 11 is 7.81. The number of hydrogen-bond donors (Lipinski definition) is 1. The summed E-state index contributed by atoms with van der Waals surface area (Å²) in [7, 11) is 1.65. The van der Waals surface area contributed by atoms with E-state index in [9.17, 15) is 0 Å². The van der Waals surface area contributed by atoms with Crippen LogP contribution in [0, 0.1) is 6.92 Å². The molecule has 3 nitrogen and oxygen atoms in total. The standard InChI is InChI=1S/C11H13ClN2OS/c1-4-13-11-14-9-7(15-3)5-6(2)8(12)10(9)16-11/h5H,4H2,1-3H3,(H,13,14). The lowest BCUT2D eigenvalue weighted by Gasteiger charge is -2.04. The maximum atomic E-state index is 6.26. The van der Waals surface area contributed by atoms with Gasteiger partial charge in [-0.15, -0.1) is 0 Å². The van der Waals surface area contributed by atoms with Gasteiger partial charge in [0.15, 0.2) is 5.13 Å². The van der Waals surface area contributed by atoms with Crippen molar-refractivity contribution >= 4 is 38.3 Å². The largest absolute Gasteiger partial charge is 0.494 e. The van der Waals surface area contributed by atoms with Gasteiger partial charge in [-0.25, -0.2) is 4.98 Å². The first-order valence-corrected chi connectivity index (χ1v) is 6.24. The highest BCUT2D eigenvalue weighted by molar-refractivity contribution is 7.22. The van der Waals surface area contributed by atoms with Crippen LogP contribution >= 0.6 is 22.9 Å². The van der Waals surface area contributed by atoms with Gasteiger partial charge in [-0.1, -0.05) is 22.9 Å². The van der Waals surface area contributed by atoms with Crippen molar-refractivity contribution < 1.29 is 4.74 Å². The number of fused-ring (bicyclic) bond motifs is 1. The molecule has 0 radical (unpaired) electrons. The van der Waals surface area contributed by atoms with Crippen molar-refractivity contribution in [2.24, 2.45) is 0 Å². The summed E-state index contributed by atoms with van der Waals surface area (Å²) in [5, 5.41) is 4.83. The van der Waals surface area contributed by atoms with Crippen LogP contribution < -0.4 is 10.1 Å². The number of thiazole rings is 1. The van der Waals surface area contributed by atoms with Gasteiger partial charge in [-0.05, 0) is 25.5 Å². The lowest BCUT2D eigenvalue weighted by molar-refractivity contribution is 0.419. The number of aromatic nitrogens is 1. The Labute approximate surface area is 103 Å². The topological polar surface area (TPSA) is 34.2 Å². The first-order valence-electron chi connectivity index (χ1n) is 5.04. The van der Waals surface area contributed by atoms with Crippen molar-refractivity contribution in [2.75, 3.05) is 19.0 Å². The number of benzene rings is 1. The number of anilines is 1. The van der Waals surface area contributed by atoms with Crippen molar-refractivity contribution in [2.45, 2.75) is 13.8 Å². The van der Waals surface area contributed by atoms with Crippen LogP contribution in [0.15, 0.2) is 6.07 Å². The summed E-state index contributed by atoms with van der Waals surface area (Å²) in [6.07, 6.45) is 0. The molecule has 0 aliphatic rings. The molecule has 0 aliphatic heterocycles. The van der Waals surface area contributed by atoms with E-state index in [2.05, 4.69) is 10.3 Å². The predicted molar refractivity (Wildman–Crippen MR) is 70.1 cm³/mol. The maximum absolute atomic E-state index is 6.26. The molecule has 0 aliphatic carbocycles. The Morgan fingerprint density at radius 3 is 2.94 bits per heavy atom. The van der Waals surface area contributed by atoms with Gasteiger partial charge in [0.2, 0.25) is 0 Å². The number of methoxy groups -OCH3 is 1. The van der Waals surface area contributed by atoms with Crippen molar-refractivity contribution in [1.29, 1.82) is 0 Å². The quantitative estimate of drug-likeness (QED) is 0.909. The minimum absolute atomic E-state index is 0.762. The summed E-state index contributed by atoms with van der Waals surface area (Å²) in [6, 6.07) is 1.92. The normalized spacial score (nSPS) is 10.8. The maximum Gasteiger partial charge on any atom is 0.183 e. The summed E-state index contributed by atoms with van der Waals surface area (Å²) in [4.78, 5) is 4.47. The second-order valence-corrected chi connectivity index (χ2v) is 4.81. The summed E-state index contributed by atoms with van der Waals surface area (Å²) in [6.45, 7) is 4.85. The lowest BCUT2D eigenvalue weighted by atomic mass is 10.2. The first kappa shape index (κ1) is 11.5. The Kier molecular flexibility index (Phi) is 3.21. The van der Waals surface area contributed by atoms with E-state index < -0.39 is 0 Å². The fourth-order valence-electron chi connectivity index (χ4n) is 1.53. The van der Waals surface area contributed by atoms with Crippen LogP contribution in [0.2, 0.25) is 5.02 Å². The SMILES string of the molecule is CCNc1nc2c(OC)cc(C)c(Cl)c2s1. The van der Waals surface area contributed by atoms with Gasteiger partial charge in [-0.2, -0.15) is 0 Å². The number of aryl methyl sites for hydroxylation is 1. The molecule has 5 heteroatoms. The van der Waals surface area contributed by atoms with E-state index in [0.29, 0.717) is 0 Å².